The van der Waals surface area contributed by atoms with Gasteiger partial charge in [0.05, 0.1) is 7.11 Å². The number of hydrogen-bond donors (Lipinski definition) is 1. The Kier molecular flexibility index (Phi) is 4.50. The molecule has 2 rings (SSSR count). The number of hydrogen-bond acceptors (Lipinski definition) is 3. The zero-order valence-corrected chi connectivity index (χ0v) is 12.9. The Morgan fingerprint density at radius 1 is 1.33 bits per heavy atom. The molecule has 0 aromatic heterocycles. The zero-order valence-electron chi connectivity index (χ0n) is 12.9. The Morgan fingerprint density at radius 2 is 2.05 bits per heavy atom. The van der Waals surface area contributed by atoms with Crippen LogP contribution in [-0.2, 0) is 9.59 Å². The third-order valence-electron chi connectivity index (χ3n) is 3.77. The number of carbonyl (C=O) groups excluding carboxylic acids is 2. The van der Waals surface area contributed by atoms with Gasteiger partial charge in [0.15, 0.2) is 0 Å². The van der Waals surface area contributed by atoms with Crippen LogP contribution in [0.3, 0.4) is 0 Å². The second-order valence-corrected chi connectivity index (χ2v) is 5.57. The highest BCUT2D eigenvalue weighted by Crippen LogP contribution is 2.28. The minimum absolute atomic E-state index is 0.0259. The molecule has 1 aromatic rings. The topological polar surface area (TPSA) is 58.6 Å². The van der Waals surface area contributed by atoms with Crippen LogP contribution in [0.25, 0.3) is 0 Å². The van der Waals surface area contributed by atoms with Crippen molar-refractivity contribution in [1.29, 1.82) is 0 Å². The van der Waals surface area contributed by atoms with Crippen LogP contribution in [0.5, 0.6) is 5.75 Å². The summed E-state index contributed by atoms with van der Waals surface area (Å²) >= 11 is 0. The molecule has 1 aliphatic rings. The summed E-state index contributed by atoms with van der Waals surface area (Å²) in [6.45, 7) is 5.77. The number of carbonyl (C=O) groups is 2. The SMILES string of the molecule is CCC1NC(=O)C(C(C)C)N(c2cccc(OC)c2)C1=O. The van der Waals surface area contributed by atoms with Gasteiger partial charge in [0.25, 0.3) is 0 Å². The molecule has 1 heterocycles. The van der Waals surface area contributed by atoms with Crippen molar-refractivity contribution in [3.05, 3.63) is 24.3 Å². The van der Waals surface area contributed by atoms with Gasteiger partial charge in [-0.15, -0.1) is 0 Å². The number of amides is 2. The predicted molar refractivity (Wildman–Crippen MR) is 81.3 cm³/mol. The van der Waals surface area contributed by atoms with E-state index in [4.69, 9.17) is 4.74 Å². The predicted octanol–water partition coefficient (Wildman–Crippen LogP) is 1.96. The first-order valence-electron chi connectivity index (χ1n) is 7.27. The van der Waals surface area contributed by atoms with E-state index in [2.05, 4.69) is 5.32 Å². The van der Waals surface area contributed by atoms with Crippen LogP contribution in [0.4, 0.5) is 5.69 Å². The Labute approximate surface area is 125 Å². The van der Waals surface area contributed by atoms with Gasteiger partial charge < -0.3 is 10.1 Å². The molecule has 114 valence electrons. The van der Waals surface area contributed by atoms with Gasteiger partial charge >= 0.3 is 0 Å². The van der Waals surface area contributed by atoms with E-state index >= 15 is 0 Å². The van der Waals surface area contributed by atoms with Gasteiger partial charge in [-0.25, -0.2) is 0 Å². The fourth-order valence-electron chi connectivity index (χ4n) is 2.67. The molecule has 2 atom stereocenters. The number of nitrogens with zero attached hydrogens (tertiary/aromatic N) is 1. The lowest BCUT2D eigenvalue weighted by atomic mass is 9.95. The van der Waals surface area contributed by atoms with Crippen molar-refractivity contribution in [2.45, 2.75) is 39.3 Å². The Balaban J connectivity index is 2.46. The molecule has 0 aliphatic carbocycles. The number of ether oxygens (including phenoxy) is 1. The van der Waals surface area contributed by atoms with E-state index in [-0.39, 0.29) is 17.7 Å². The van der Waals surface area contributed by atoms with E-state index in [0.29, 0.717) is 17.9 Å². The van der Waals surface area contributed by atoms with Crippen molar-refractivity contribution in [3.8, 4) is 5.75 Å². The lowest BCUT2D eigenvalue weighted by Gasteiger charge is -2.40. The summed E-state index contributed by atoms with van der Waals surface area (Å²) in [4.78, 5) is 26.7. The maximum absolute atomic E-state index is 12.7. The van der Waals surface area contributed by atoms with Crippen LogP contribution >= 0.6 is 0 Å². The van der Waals surface area contributed by atoms with Crippen LogP contribution in [0.1, 0.15) is 27.2 Å². The normalized spacial score (nSPS) is 22.4. The Bertz CT molecular complexity index is 542. The minimum atomic E-state index is -0.493. The molecule has 0 saturated carbocycles. The van der Waals surface area contributed by atoms with Gasteiger partial charge in [0.2, 0.25) is 11.8 Å². The Hall–Kier alpha value is -2.04. The van der Waals surface area contributed by atoms with Gasteiger partial charge in [0, 0.05) is 11.8 Å². The lowest BCUT2D eigenvalue weighted by Crippen LogP contribution is -2.65. The summed E-state index contributed by atoms with van der Waals surface area (Å²) in [6, 6.07) is 6.32. The summed E-state index contributed by atoms with van der Waals surface area (Å²) in [7, 11) is 1.58. The fraction of sp³-hybridized carbons (Fsp3) is 0.500. The molecule has 1 N–H and O–H groups in total. The molecular weight excluding hydrogens is 268 g/mol. The van der Waals surface area contributed by atoms with E-state index in [0.717, 1.165) is 0 Å². The number of methoxy groups -OCH3 is 1. The first kappa shape index (κ1) is 15.4. The summed E-state index contributed by atoms with van der Waals surface area (Å²) in [5.74, 6) is 0.531. The molecule has 5 heteroatoms. The molecule has 0 radical (unpaired) electrons. The van der Waals surface area contributed by atoms with Crippen molar-refractivity contribution >= 4 is 17.5 Å². The quantitative estimate of drug-likeness (QED) is 0.922. The monoisotopic (exact) mass is 290 g/mol. The van der Waals surface area contributed by atoms with E-state index in [1.807, 2.05) is 39.0 Å². The second-order valence-electron chi connectivity index (χ2n) is 5.57. The third-order valence-corrected chi connectivity index (χ3v) is 3.77. The maximum atomic E-state index is 12.7. The van der Waals surface area contributed by atoms with Gasteiger partial charge in [-0.2, -0.15) is 0 Å². The molecule has 2 amide bonds. The first-order valence-corrected chi connectivity index (χ1v) is 7.27. The highest BCUT2D eigenvalue weighted by Gasteiger charge is 2.42. The minimum Gasteiger partial charge on any atom is -0.497 e. The molecule has 0 bridgehead atoms. The molecular formula is C16H22N2O3. The highest BCUT2D eigenvalue weighted by atomic mass is 16.5. The van der Waals surface area contributed by atoms with Crippen molar-refractivity contribution in [3.63, 3.8) is 0 Å². The lowest BCUT2D eigenvalue weighted by molar-refractivity contribution is -0.134. The van der Waals surface area contributed by atoms with Gasteiger partial charge in [-0.05, 0) is 24.5 Å². The molecule has 0 spiro atoms. The largest absolute Gasteiger partial charge is 0.497 e. The number of piperazine rings is 1. The van der Waals surface area contributed by atoms with Crippen molar-refractivity contribution in [1.82, 2.24) is 5.32 Å². The van der Waals surface area contributed by atoms with Crippen LogP contribution in [0, 0.1) is 5.92 Å². The average Bonchev–Trinajstić information content (AvgIpc) is 2.48. The van der Waals surface area contributed by atoms with E-state index < -0.39 is 12.1 Å². The molecule has 1 aromatic carbocycles. The van der Waals surface area contributed by atoms with Gasteiger partial charge in [-0.1, -0.05) is 26.8 Å². The van der Waals surface area contributed by atoms with Crippen molar-refractivity contribution in [2.75, 3.05) is 12.0 Å². The first-order chi connectivity index (χ1) is 9.99. The highest BCUT2D eigenvalue weighted by molar-refractivity contribution is 6.08. The molecule has 21 heavy (non-hydrogen) atoms. The summed E-state index contributed by atoms with van der Waals surface area (Å²) in [5.41, 5.74) is 0.700. The van der Waals surface area contributed by atoms with Crippen molar-refractivity contribution < 1.29 is 14.3 Å². The molecule has 5 nitrogen and oxygen atoms in total. The summed E-state index contributed by atoms with van der Waals surface area (Å²) in [6.07, 6.45) is 0.579. The van der Waals surface area contributed by atoms with Crippen LogP contribution in [0.2, 0.25) is 0 Å². The fourth-order valence-corrected chi connectivity index (χ4v) is 2.67. The van der Waals surface area contributed by atoms with E-state index in [1.165, 1.54) is 0 Å². The van der Waals surface area contributed by atoms with E-state index in [9.17, 15) is 9.59 Å². The number of benzene rings is 1. The number of rotatable bonds is 4. The van der Waals surface area contributed by atoms with Crippen LogP contribution in [0.15, 0.2) is 24.3 Å². The number of nitrogens with one attached hydrogen (secondary N) is 1. The molecule has 1 saturated heterocycles. The third kappa shape index (κ3) is 2.86. The van der Waals surface area contributed by atoms with Gasteiger partial charge in [-0.3, -0.25) is 14.5 Å². The standard InChI is InChI=1S/C16H22N2O3/c1-5-13-16(20)18(14(10(2)3)15(19)17-13)11-7-6-8-12(9-11)21-4/h6-10,13-14H,5H2,1-4H3,(H,17,19). The van der Waals surface area contributed by atoms with E-state index in [1.54, 1.807) is 18.1 Å². The van der Waals surface area contributed by atoms with Crippen LogP contribution < -0.4 is 15.0 Å². The zero-order chi connectivity index (χ0) is 15.6. The second kappa shape index (κ2) is 6.16. The summed E-state index contributed by atoms with van der Waals surface area (Å²) < 4.78 is 5.22. The molecule has 2 unspecified atom stereocenters. The molecule has 1 fully saturated rings. The summed E-state index contributed by atoms with van der Waals surface area (Å²) in [5, 5.41) is 2.81. The number of anilines is 1. The smallest absolute Gasteiger partial charge is 0.250 e. The Morgan fingerprint density at radius 3 is 2.62 bits per heavy atom. The maximum Gasteiger partial charge on any atom is 0.250 e. The molecule has 1 aliphatic heterocycles. The van der Waals surface area contributed by atoms with Crippen LogP contribution in [-0.4, -0.2) is 31.0 Å². The van der Waals surface area contributed by atoms with Gasteiger partial charge in [0.1, 0.15) is 17.8 Å². The average molecular weight is 290 g/mol. The van der Waals surface area contributed by atoms with Crippen molar-refractivity contribution in [2.24, 2.45) is 5.92 Å².